The Kier molecular flexibility index (Phi) is 6.14. The second-order valence-electron chi connectivity index (χ2n) is 9.48. The summed E-state index contributed by atoms with van der Waals surface area (Å²) in [4.78, 5) is 14.5. The van der Waals surface area contributed by atoms with E-state index >= 15 is 0 Å². The van der Waals surface area contributed by atoms with E-state index in [1.165, 1.54) is 38.2 Å². The molecule has 1 N–H and O–H groups in total. The largest absolute Gasteiger partial charge is 0.493 e. The highest BCUT2D eigenvalue weighted by atomic mass is 19.1. The number of hydrogen-bond donors (Lipinski definition) is 1. The Morgan fingerprint density at radius 2 is 1.97 bits per heavy atom. The zero-order valence-electron chi connectivity index (χ0n) is 17.7. The molecule has 3 aliphatic rings. The number of likely N-dealkylation sites (tertiary alicyclic amines) is 1. The number of ether oxygens (including phenoxy) is 1. The third-order valence-corrected chi connectivity index (χ3v) is 6.98. The van der Waals surface area contributed by atoms with Crippen molar-refractivity contribution in [1.29, 1.82) is 0 Å². The van der Waals surface area contributed by atoms with Gasteiger partial charge in [0.05, 0.1) is 18.3 Å². The molecule has 0 spiro atoms. The SMILES string of the molecule is CCCC1CCC(COc2cc(F)c(C(=O)N3CC(O)CC3C)cc2C2CC2)C1. The van der Waals surface area contributed by atoms with Crippen molar-refractivity contribution in [2.75, 3.05) is 13.2 Å². The van der Waals surface area contributed by atoms with Gasteiger partial charge in [0.25, 0.3) is 5.91 Å². The third-order valence-electron chi connectivity index (χ3n) is 6.98. The fourth-order valence-corrected chi connectivity index (χ4v) is 5.22. The van der Waals surface area contributed by atoms with Gasteiger partial charge in [-0.15, -0.1) is 0 Å². The lowest BCUT2D eigenvalue weighted by molar-refractivity contribution is 0.0721. The van der Waals surface area contributed by atoms with Gasteiger partial charge in [0.15, 0.2) is 0 Å². The molecule has 160 valence electrons. The molecule has 3 fully saturated rings. The minimum Gasteiger partial charge on any atom is -0.493 e. The zero-order valence-corrected chi connectivity index (χ0v) is 17.7. The van der Waals surface area contributed by atoms with Crippen LogP contribution in [0.5, 0.6) is 5.75 Å². The number of carbonyl (C=O) groups excluding carboxylic acids is 1. The molecule has 0 bridgehead atoms. The molecule has 4 rings (SSSR count). The lowest BCUT2D eigenvalue weighted by Gasteiger charge is -2.22. The van der Waals surface area contributed by atoms with Crippen LogP contribution in [-0.4, -0.2) is 41.2 Å². The number of aliphatic hydroxyl groups is 1. The number of amides is 1. The molecule has 5 heteroatoms. The second kappa shape index (κ2) is 8.63. The van der Waals surface area contributed by atoms with E-state index in [4.69, 9.17) is 4.74 Å². The molecule has 4 nitrogen and oxygen atoms in total. The molecule has 1 aliphatic heterocycles. The van der Waals surface area contributed by atoms with Crippen LogP contribution >= 0.6 is 0 Å². The highest BCUT2D eigenvalue weighted by Gasteiger charge is 2.35. The summed E-state index contributed by atoms with van der Waals surface area (Å²) in [6.45, 7) is 5.05. The van der Waals surface area contributed by atoms with E-state index in [1.54, 1.807) is 11.0 Å². The lowest BCUT2D eigenvalue weighted by atomic mass is 10.0. The number of halogens is 1. The van der Waals surface area contributed by atoms with Crippen LogP contribution < -0.4 is 4.74 Å². The fourth-order valence-electron chi connectivity index (χ4n) is 5.22. The minimum absolute atomic E-state index is 0.0735. The van der Waals surface area contributed by atoms with Gasteiger partial charge in [-0.3, -0.25) is 4.79 Å². The molecule has 4 unspecified atom stereocenters. The number of hydrogen-bond acceptors (Lipinski definition) is 3. The predicted octanol–water partition coefficient (Wildman–Crippen LogP) is 4.89. The molecule has 4 atom stereocenters. The van der Waals surface area contributed by atoms with E-state index in [0.717, 1.165) is 24.3 Å². The third kappa shape index (κ3) is 4.60. The van der Waals surface area contributed by atoms with Gasteiger partial charge in [-0.05, 0) is 68.4 Å². The van der Waals surface area contributed by atoms with E-state index in [1.807, 2.05) is 6.92 Å². The summed E-state index contributed by atoms with van der Waals surface area (Å²) >= 11 is 0. The summed E-state index contributed by atoms with van der Waals surface area (Å²) in [7, 11) is 0. The summed E-state index contributed by atoms with van der Waals surface area (Å²) in [5.74, 6) is 1.52. The topological polar surface area (TPSA) is 49.8 Å². The Labute approximate surface area is 173 Å². The minimum atomic E-state index is -0.523. The Hall–Kier alpha value is -1.62. The van der Waals surface area contributed by atoms with Crippen LogP contribution in [0, 0.1) is 17.7 Å². The smallest absolute Gasteiger partial charge is 0.257 e. The van der Waals surface area contributed by atoms with E-state index in [0.29, 0.717) is 30.6 Å². The maximum atomic E-state index is 14.9. The molecule has 2 saturated carbocycles. The number of benzene rings is 1. The first-order valence-electron chi connectivity index (χ1n) is 11.4. The molecule has 2 aliphatic carbocycles. The highest BCUT2D eigenvalue weighted by molar-refractivity contribution is 5.95. The van der Waals surface area contributed by atoms with Crippen LogP contribution in [0.1, 0.15) is 87.1 Å². The van der Waals surface area contributed by atoms with Crippen molar-refractivity contribution < 1.29 is 19.0 Å². The standard InChI is InChI=1S/C24H34FNO3/c1-3-4-16-5-6-17(10-16)14-29-23-12-22(25)21(11-20(23)18-7-8-18)24(28)26-13-19(27)9-15(26)2/h11-12,15-19,27H,3-10,13-14H2,1-2H3. The molecule has 1 amide bonds. The van der Waals surface area contributed by atoms with Gasteiger partial charge in [-0.25, -0.2) is 4.39 Å². The van der Waals surface area contributed by atoms with E-state index in [-0.39, 0.29) is 24.1 Å². The number of β-amino-alcohol motifs (C(OH)–C–C–N with tert-alkyl or cyclic N) is 1. The van der Waals surface area contributed by atoms with Gasteiger partial charge < -0.3 is 14.7 Å². The number of carbonyl (C=O) groups is 1. The van der Waals surface area contributed by atoms with Gasteiger partial charge in [0.2, 0.25) is 0 Å². The quantitative estimate of drug-likeness (QED) is 0.705. The summed E-state index contributed by atoms with van der Waals surface area (Å²) in [5.41, 5.74) is 1.09. The zero-order chi connectivity index (χ0) is 20.5. The van der Waals surface area contributed by atoms with Crippen molar-refractivity contribution >= 4 is 5.91 Å². The number of nitrogens with zero attached hydrogens (tertiary/aromatic N) is 1. The summed E-state index contributed by atoms with van der Waals surface area (Å²) in [6, 6.07) is 3.07. The fraction of sp³-hybridized carbons (Fsp3) is 0.708. The number of aliphatic hydroxyl groups excluding tert-OH is 1. The van der Waals surface area contributed by atoms with Gasteiger partial charge in [0, 0.05) is 18.7 Å². The maximum Gasteiger partial charge on any atom is 0.257 e. The van der Waals surface area contributed by atoms with Crippen molar-refractivity contribution in [2.24, 2.45) is 11.8 Å². The van der Waals surface area contributed by atoms with E-state index in [9.17, 15) is 14.3 Å². The Morgan fingerprint density at radius 1 is 1.21 bits per heavy atom. The normalized spacial score (nSPS) is 29.4. The van der Waals surface area contributed by atoms with Gasteiger partial charge in [-0.1, -0.05) is 26.2 Å². The maximum absolute atomic E-state index is 14.9. The molecule has 0 radical (unpaired) electrons. The monoisotopic (exact) mass is 403 g/mol. The molecule has 1 heterocycles. The van der Waals surface area contributed by atoms with Crippen molar-refractivity contribution in [1.82, 2.24) is 4.90 Å². The summed E-state index contributed by atoms with van der Waals surface area (Å²) < 4.78 is 21.0. The van der Waals surface area contributed by atoms with Crippen molar-refractivity contribution in [3.8, 4) is 5.75 Å². The second-order valence-corrected chi connectivity index (χ2v) is 9.48. The molecular formula is C24H34FNO3. The lowest BCUT2D eigenvalue weighted by Crippen LogP contribution is -2.35. The molecule has 1 saturated heterocycles. The average molecular weight is 404 g/mol. The van der Waals surface area contributed by atoms with Crippen LogP contribution in [0.25, 0.3) is 0 Å². The Morgan fingerprint density at radius 3 is 2.62 bits per heavy atom. The highest BCUT2D eigenvalue weighted by Crippen LogP contribution is 2.46. The molecule has 1 aromatic carbocycles. The summed E-state index contributed by atoms with van der Waals surface area (Å²) in [6.07, 6.45) is 8.36. The van der Waals surface area contributed by atoms with Crippen LogP contribution in [0.15, 0.2) is 12.1 Å². The van der Waals surface area contributed by atoms with E-state index in [2.05, 4.69) is 6.92 Å². The van der Waals surface area contributed by atoms with Crippen LogP contribution in [0.3, 0.4) is 0 Å². The first-order valence-corrected chi connectivity index (χ1v) is 11.4. The van der Waals surface area contributed by atoms with Crippen molar-refractivity contribution in [3.05, 3.63) is 29.1 Å². The van der Waals surface area contributed by atoms with Crippen molar-refractivity contribution in [2.45, 2.75) is 83.3 Å². The van der Waals surface area contributed by atoms with Crippen molar-refractivity contribution in [3.63, 3.8) is 0 Å². The van der Waals surface area contributed by atoms with Crippen LogP contribution in [0.4, 0.5) is 4.39 Å². The molecule has 1 aromatic rings. The predicted molar refractivity (Wildman–Crippen MR) is 111 cm³/mol. The molecular weight excluding hydrogens is 369 g/mol. The Balaban J connectivity index is 1.48. The van der Waals surface area contributed by atoms with Gasteiger partial charge in [0.1, 0.15) is 11.6 Å². The molecule has 0 aromatic heterocycles. The Bertz CT molecular complexity index is 748. The average Bonchev–Trinajstić information content (AvgIpc) is 3.34. The van der Waals surface area contributed by atoms with E-state index < -0.39 is 11.9 Å². The first kappa shape index (κ1) is 20.6. The summed E-state index contributed by atoms with van der Waals surface area (Å²) in [5, 5.41) is 9.85. The van der Waals surface area contributed by atoms with Gasteiger partial charge in [-0.2, -0.15) is 0 Å². The first-order chi connectivity index (χ1) is 14.0. The van der Waals surface area contributed by atoms with Crippen LogP contribution in [0.2, 0.25) is 0 Å². The van der Waals surface area contributed by atoms with Gasteiger partial charge >= 0.3 is 0 Å². The van der Waals surface area contributed by atoms with Crippen LogP contribution in [-0.2, 0) is 0 Å². The molecule has 29 heavy (non-hydrogen) atoms. The number of rotatable bonds is 7.